The van der Waals surface area contributed by atoms with Gasteiger partial charge in [0.15, 0.2) is 18.9 Å². The third kappa shape index (κ3) is 27.0. The molecular weight excluding hydrogens is 1020 g/mol. The van der Waals surface area contributed by atoms with Crippen LogP contribution in [-0.4, -0.2) is 196 Å². The van der Waals surface area contributed by atoms with E-state index in [0.29, 0.717) is 31.0 Å². The highest BCUT2D eigenvalue weighted by atomic mass is 16.8. The summed E-state index contributed by atoms with van der Waals surface area (Å²) in [6.45, 7) is 22.2. The molecule has 0 aromatic carbocycles. The first-order chi connectivity index (χ1) is 37.6. The van der Waals surface area contributed by atoms with Crippen molar-refractivity contribution < 1.29 is 89.0 Å². The smallest absolute Gasteiger partial charge is 0.187 e. The van der Waals surface area contributed by atoms with E-state index in [1.807, 2.05) is 0 Å². The molecule has 0 amide bonds. The van der Waals surface area contributed by atoms with Crippen LogP contribution < -0.4 is 0 Å². The summed E-state index contributed by atoms with van der Waals surface area (Å²) in [6, 6.07) is 0. The predicted octanol–water partition coefficient (Wildman–Crippen LogP) is 6.78. The largest absolute Gasteiger partial charge is 0.394 e. The average molecular weight is 1140 g/mol. The first kappa shape index (κ1) is 72.5. The zero-order chi connectivity index (χ0) is 58.6. The molecule has 0 aliphatic carbocycles. The highest BCUT2D eigenvalue weighted by Gasteiger charge is 2.53. The molecule has 0 aromatic heterocycles. The summed E-state index contributed by atoms with van der Waals surface area (Å²) < 4.78 is 47.3. The van der Waals surface area contributed by atoms with Crippen molar-refractivity contribution in [1.82, 2.24) is 0 Å². The molecule has 0 saturated carbocycles. The molecule has 79 heavy (non-hydrogen) atoms. The van der Waals surface area contributed by atoms with Gasteiger partial charge in [-0.15, -0.1) is 0 Å². The molecule has 0 aromatic rings. The third-order valence-corrected chi connectivity index (χ3v) is 17.1. The molecule has 22 atom stereocenters. The van der Waals surface area contributed by atoms with Gasteiger partial charge in [-0.05, 0) is 60.2 Å². The van der Waals surface area contributed by atoms with E-state index in [4.69, 9.17) is 37.9 Å². The maximum atomic E-state index is 11.4. The van der Waals surface area contributed by atoms with Crippen LogP contribution in [0.25, 0.3) is 0 Å². The summed E-state index contributed by atoms with van der Waals surface area (Å²) in [5.74, 6) is 5.53. The van der Waals surface area contributed by atoms with Crippen LogP contribution in [0.4, 0.5) is 0 Å². The molecule has 0 spiro atoms. The minimum absolute atomic E-state index is 0.0603. The van der Waals surface area contributed by atoms with Gasteiger partial charge in [0.25, 0.3) is 0 Å². The molecule has 0 bridgehead atoms. The Bertz CT molecular complexity index is 1490. The van der Waals surface area contributed by atoms with Crippen LogP contribution in [-0.2, 0) is 37.9 Å². The number of rotatable bonds is 43. The van der Waals surface area contributed by atoms with Crippen molar-refractivity contribution in [3.05, 3.63) is 0 Å². The van der Waals surface area contributed by atoms with E-state index in [-0.39, 0.29) is 13.2 Å². The number of hydrogen-bond acceptors (Lipinski definition) is 18. The minimum atomic E-state index is -1.93. The zero-order valence-corrected chi connectivity index (χ0v) is 50.7. The molecule has 3 aliphatic heterocycles. The van der Waals surface area contributed by atoms with Gasteiger partial charge in [0.1, 0.15) is 79.4 Å². The van der Waals surface area contributed by atoms with Crippen molar-refractivity contribution in [3.63, 3.8) is 0 Å². The van der Waals surface area contributed by atoms with Crippen molar-refractivity contribution >= 4 is 0 Å². The maximum absolute atomic E-state index is 11.4. The van der Waals surface area contributed by atoms with Gasteiger partial charge in [0.05, 0.1) is 33.0 Å². The van der Waals surface area contributed by atoms with Gasteiger partial charge in [0, 0.05) is 13.2 Å². The van der Waals surface area contributed by atoms with Gasteiger partial charge in [-0.2, -0.15) is 0 Å². The lowest BCUT2D eigenvalue weighted by Gasteiger charge is -2.48. The maximum Gasteiger partial charge on any atom is 0.187 e. The molecule has 10 N–H and O–H groups in total. The molecule has 3 aliphatic rings. The fourth-order valence-corrected chi connectivity index (χ4v) is 11.3. The van der Waals surface area contributed by atoms with Crippen LogP contribution in [0, 0.1) is 47.3 Å². The number of ether oxygens (including phenoxy) is 8. The number of aliphatic hydroxyl groups excluding tert-OH is 10. The standard InChI is InChI=1S/C61H118O18/c1-38(2)17-11-19-40(5)21-13-23-42(7)25-15-27-44(9)29-31-72-36-46(73-32-30-45(10)28-16-26-43(8)24-14-22-41(6)20-12-18-39(3)4)37-74-59-55(70)52(67)57(48(34-63)76-59)79-61-56(71)53(68)58(49(35-64)77-61)78-60-54(69)51(66)50(65)47(33-62)75-60/h38-71H,11-37H2,1-10H3/t40?,41?,42?,43?,44?,45?,46?,47-,48-,49-,50-,51+,52-,53-,54-,55-,56-,57-,58-,59-,60-,61-/m1/s1. The van der Waals surface area contributed by atoms with Crippen LogP contribution in [0.3, 0.4) is 0 Å². The van der Waals surface area contributed by atoms with Gasteiger partial charge in [-0.25, -0.2) is 0 Å². The van der Waals surface area contributed by atoms with Crippen LogP contribution in [0.15, 0.2) is 0 Å². The molecule has 3 rings (SSSR count). The van der Waals surface area contributed by atoms with E-state index in [1.165, 1.54) is 103 Å². The first-order valence-corrected chi connectivity index (χ1v) is 31.3. The van der Waals surface area contributed by atoms with E-state index in [0.717, 1.165) is 55.3 Å². The second-order valence-corrected chi connectivity index (χ2v) is 25.8. The third-order valence-electron chi connectivity index (χ3n) is 17.1. The highest BCUT2D eigenvalue weighted by Crippen LogP contribution is 2.33. The van der Waals surface area contributed by atoms with E-state index in [2.05, 4.69) is 69.2 Å². The second kappa shape index (κ2) is 39.8. The molecule has 18 heteroatoms. The highest BCUT2D eigenvalue weighted by molar-refractivity contribution is 4.96. The lowest BCUT2D eigenvalue weighted by molar-refractivity contribution is -0.380. The summed E-state index contributed by atoms with van der Waals surface area (Å²) in [5.41, 5.74) is 0. The predicted molar refractivity (Wildman–Crippen MR) is 303 cm³/mol. The summed E-state index contributed by atoms with van der Waals surface area (Å²) in [6.07, 6.45) is -0.785. The molecule has 18 nitrogen and oxygen atoms in total. The topological polar surface area (TPSA) is 276 Å². The van der Waals surface area contributed by atoms with Crippen molar-refractivity contribution in [2.24, 2.45) is 47.3 Å². The Morgan fingerprint density at radius 3 is 1.06 bits per heavy atom. The van der Waals surface area contributed by atoms with Gasteiger partial charge in [0.2, 0.25) is 0 Å². The summed E-state index contributed by atoms with van der Waals surface area (Å²) in [5, 5.41) is 106. The molecular formula is C61H118O18. The lowest BCUT2D eigenvalue weighted by atomic mass is 9.91. The lowest BCUT2D eigenvalue weighted by Crippen LogP contribution is -2.66. The summed E-state index contributed by atoms with van der Waals surface area (Å²) in [4.78, 5) is 0. The van der Waals surface area contributed by atoms with E-state index in [1.54, 1.807) is 0 Å². The molecule has 0 radical (unpaired) electrons. The Labute approximate surface area is 476 Å². The number of hydrogen-bond donors (Lipinski definition) is 10. The van der Waals surface area contributed by atoms with Gasteiger partial charge in [-0.3, -0.25) is 0 Å². The molecule has 7 unspecified atom stereocenters. The first-order valence-electron chi connectivity index (χ1n) is 31.3. The normalized spacial score (nSPS) is 32.5. The monoisotopic (exact) mass is 1140 g/mol. The molecule has 3 saturated heterocycles. The Morgan fingerprint density at radius 2 is 0.671 bits per heavy atom. The second-order valence-electron chi connectivity index (χ2n) is 25.8. The van der Waals surface area contributed by atoms with Gasteiger partial charge >= 0.3 is 0 Å². The fraction of sp³-hybridized carbons (Fsp3) is 1.00. The summed E-state index contributed by atoms with van der Waals surface area (Å²) >= 11 is 0. The Balaban J connectivity index is 1.53. The van der Waals surface area contributed by atoms with Crippen LogP contribution in [0.1, 0.15) is 198 Å². The van der Waals surface area contributed by atoms with Gasteiger partial charge in [-0.1, -0.05) is 185 Å². The van der Waals surface area contributed by atoms with Crippen molar-refractivity contribution in [3.8, 4) is 0 Å². The zero-order valence-electron chi connectivity index (χ0n) is 50.7. The fourth-order valence-electron chi connectivity index (χ4n) is 11.3. The Kier molecular flexibility index (Phi) is 36.6. The SMILES string of the molecule is CC(C)CCCC(C)CCCC(C)CCCC(C)CCOCC(CO[C@@H]1O[C@H](CO)[C@@H](O[C@H]2O[C@H](CO)[C@@H](O[C@H]3O[C@H](CO)[C@@H](O)[C@H](O)[C@H]3O)[C@H](O)[C@H]2O)[C@H](O)[C@H]1O)OCCC(C)CCCC(C)CCCC(C)CCCC(C)C. The van der Waals surface area contributed by atoms with Crippen LogP contribution >= 0.6 is 0 Å². The summed E-state index contributed by atoms with van der Waals surface area (Å²) in [7, 11) is 0. The number of aliphatic hydroxyl groups is 10. The average Bonchev–Trinajstić information content (AvgIpc) is 3.46. The molecule has 470 valence electrons. The van der Waals surface area contributed by atoms with Crippen molar-refractivity contribution in [2.45, 2.75) is 296 Å². The van der Waals surface area contributed by atoms with Crippen molar-refractivity contribution in [2.75, 3.05) is 46.2 Å². The Morgan fingerprint density at radius 1 is 0.342 bits per heavy atom. The van der Waals surface area contributed by atoms with Crippen molar-refractivity contribution in [1.29, 1.82) is 0 Å². The van der Waals surface area contributed by atoms with Gasteiger partial charge < -0.3 is 89.0 Å². The molecule has 3 heterocycles. The molecule has 3 fully saturated rings. The van der Waals surface area contributed by atoms with E-state index < -0.39 is 118 Å². The quantitative estimate of drug-likeness (QED) is 0.0282. The van der Waals surface area contributed by atoms with Crippen LogP contribution in [0.5, 0.6) is 0 Å². The van der Waals surface area contributed by atoms with Crippen LogP contribution in [0.2, 0.25) is 0 Å². The van der Waals surface area contributed by atoms with E-state index in [9.17, 15) is 51.1 Å². The van der Waals surface area contributed by atoms with E-state index >= 15 is 0 Å². The minimum Gasteiger partial charge on any atom is -0.394 e. The Hall–Kier alpha value is -0.720.